The molecule has 0 unspecified atom stereocenters. The Morgan fingerprint density at radius 1 is 1.45 bits per heavy atom. The van der Waals surface area contributed by atoms with Gasteiger partial charge in [-0.3, -0.25) is 4.79 Å². The number of aryl methyl sites for hydroxylation is 1. The van der Waals surface area contributed by atoms with Gasteiger partial charge in [-0.05, 0) is 37.5 Å². The summed E-state index contributed by atoms with van der Waals surface area (Å²) in [6.07, 6.45) is 1.21. The van der Waals surface area contributed by atoms with Gasteiger partial charge >= 0.3 is 12.0 Å². The largest absolute Gasteiger partial charge is 0.481 e. The Labute approximate surface area is 116 Å². The number of nitrogens with zero attached hydrogens (tertiary/aromatic N) is 1. The smallest absolute Gasteiger partial charge is 0.321 e. The van der Waals surface area contributed by atoms with Gasteiger partial charge in [-0.25, -0.2) is 9.18 Å². The average Bonchev–Trinajstić information content (AvgIpc) is 2.42. The highest BCUT2D eigenvalue weighted by Crippen LogP contribution is 2.19. The molecule has 0 bridgehead atoms. The monoisotopic (exact) mass is 280 g/mol. The summed E-state index contributed by atoms with van der Waals surface area (Å²) in [5, 5.41) is 11.5. The van der Waals surface area contributed by atoms with Gasteiger partial charge in [-0.15, -0.1) is 0 Å². The maximum absolute atomic E-state index is 13.7. The number of aliphatic carboxylic acids is 1. The third kappa shape index (κ3) is 3.26. The zero-order valence-corrected chi connectivity index (χ0v) is 11.2. The molecule has 1 aromatic rings. The molecule has 1 aliphatic heterocycles. The standard InChI is InChI=1S/C14H17FN2O3/c1-9-4-5-12(11(15)7-9)16-14(20)17-6-2-3-10(8-17)13(18)19/h4-5,7,10H,2-3,6,8H2,1H3,(H,16,20)(H,18,19)/t10-/m0/s1. The summed E-state index contributed by atoms with van der Waals surface area (Å²) in [5.74, 6) is -1.94. The fourth-order valence-electron chi connectivity index (χ4n) is 2.28. The summed E-state index contributed by atoms with van der Waals surface area (Å²) in [5.41, 5.74) is 0.877. The fourth-order valence-corrected chi connectivity index (χ4v) is 2.28. The molecule has 2 rings (SSSR count). The van der Waals surface area contributed by atoms with Crippen molar-refractivity contribution in [3.63, 3.8) is 0 Å². The Kier molecular flexibility index (Phi) is 4.22. The number of piperidine rings is 1. The molecule has 1 heterocycles. The van der Waals surface area contributed by atoms with Crippen LogP contribution in [0.4, 0.5) is 14.9 Å². The molecule has 5 nitrogen and oxygen atoms in total. The third-order valence-corrected chi connectivity index (χ3v) is 3.42. The van der Waals surface area contributed by atoms with E-state index >= 15 is 0 Å². The molecule has 20 heavy (non-hydrogen) atoms. The van der Waals surface area contributed by atoms with E-state index in [1.165, 1.54) is 17.0 Å². The zero-order chi connectivity index (χ0) is 14.7. The van der Waals surface area contributed by atoms with Gasteiger partial charge in [0.15, 0.2) is 0 Å². The lowest BCUT2D eigenvalue weighted by molar-refractivity contribution is -0.143. The number of carboxylic acid groups (broad SMARTS) is 1. The summed E-state index contributed by atoms with van der Waals surface area (Å²) in [6, 6.07) is 4.08. The van der Waals surface area contributed by atoms with Crippen LogP contribution in [0.5, 0.6) is 0 Å². The van der Waals surface area contributed by atoms with Gasteiger partial charge in [0.05, 0.1) is 11.6 Å². The van der Waals surface area contributed by atoms with Gasteiger partial charge < -0.3 is 15.3 Å². The van der Waals surface area contributed by atoms with E-state index in [4.69, 9.17) is 5.11 Å². The number of hydrogen-bond donors (Lipinski definition) is 2. The number of benzene rings is 1. The predicted octanol–water partition coefficient (Wildman–Crippen LogP) is 2.46. The van der Waals surface area contributed by atoms with E-state index in [1.54, 1.807) is 13.0 Å². The Hall–Kier alpha value is -2.11. The normalized spacial score (nSPS) is 18.7. The molecule has 1 fully saturated rings. The molecule has 0 radical (unpaired) electrons. The summed E-state index contributed by atoms with van der Waals surface area (Å²) in [7, 11) is 0. The van der Waals surface area contributed by atoms with Crippen LogP contribution in [-0.2, 0) is 4.79 Å². The van der Waals surface area contributed by atoms with Crippen molar-refractivity contribution in [2.45, 2.75) is 19.8 Å². The number of rotatable bonds is 2. The second-order valence-corrected chi connectivity index (χ2v) is 5.04. The number of carbonyl (C=O) groups is 2. The van der Waals surface area contributed by atoms with Crippen molar-refractivity contribution in [2.75, 3.05) is 18.4 Å². The Bertz CT molecular complexity index is 533. The molecular formula is C14H17FN2O3. The topological polar surface area (TPSA) is 69.6 Å². The molecule has 1 aliphatic rings. The molecule has 108 valence electrons. The fraction of sp³-hybridized carbons (Fsp3) is 0.429. The molecule has 0 saturated carbocycles. The number of anilines is 1. The van der Waals surface area contributed by atoms with Crippen molar-refractivity contribution in [3.05, 3.63) is 29.6 Å². The van der Waals surface area contributed by atoms with Crippen LogP contribution in [-0.4, -0.2) is 35.1 Å². The van der Waals surface area contributed by atoms with Crippen LogP contribution < -0.4 is 5.32 Å². The second-order valence-electron chi connectivity index (χ2n) is 5.04. The van der Waals surface area contributed by atoms with Crippen molar-refractivity contribution in [2.24, 2.45) is 5.92 Å². The molecule has 1 atom stereocenters. The number of carboxylic acids is 1. The van der Waals surface area contributed by atoms with Crippen molar-refractivity contribution in [1.29, 1.82) is 0 Å². The van der Waals surface area contributed by atoms with Crippen molar-refractivity contribution < 1.29 is 19.1 Å². The molecule has 0 spiro atoms. The highest BCUT2D eigenvalue weighted by Gasteiger charge is 2.28. The number of amides is 2. The lowest BCUT2D eigenvalue weighted by Crippen LogP contribution is -2.44. The van der Waals surface area contributed by atoms with Crippen molar-refractivity contribution in [1.82, 2.24) is 4.90 Å². The summed E-state index contributed by atoms with van der Waals surface area (Å²) < 4.78 is 13.7. The number of carbonyl (C=O) groups excluding carboxylic acids is 1. The van der Waals surface area contributed by atoms with E-state index in [2.05, 4.69) is 5.32 Å². The number of nitrogens with one attached hydrogen (secondary N) is 1. The van der Waals surface area contributed by atoms with E-state index < -0.39 is 23.7 Å². The van der Waals surface area contributed by atoms with E-state index in [-0.39, 0.29) is 12.2 Å². The van der Waals surface area contributed by atoms with Crippen LogP contribution in [0.15, 0.2) is 18.2 Å². The second kappa shape index (κ2) is 5.90. The van der Waals surface area contributed by atoms with Crippen LogP contribution in [0.2, 0.25) is 0 Å². The first kappa shape index (κ1) is 14.3. The van der Waals surface area contributed by atoms with Gasteiger partial charge in [0.25, 0.3) is 0 Å². The van der Waals surface area contributed by atoms with E-state index in [1.807, 2.05) is 0 Å². The lowest BCUT2D eigenvalue weighted by atomic mass is 9.99. The van der Waals surface area contributed by atoms with E-state index in [9.17, 15) is 14.0 Å². The minimum Gasteiger partial charge on any atom is -0.481 e. The van der Waals surface area contributed by atoms with E-state index in [0.29, 0.717) is 19.4 Å². The molecule has 0 aromatic heterocycles. The van der Waals surface area contributed by atoms with Gasteiger partial charge in [-0.1, -0.05) is 6.07 Å². The van der Waals surface area contributed by atoms with Gasteiger partial charge in [0.2, 0.25) is 0 Å². The summed E-state index contributed by atoms with van der Waals surface area (Å²) in [4.78, 5) is 24.4. The summed E-state index contributed by atoms with van der Waals surface area (Å²) >= 11 is 0. The molecule has 2 amide bonds. The molecule has 2 N–H and O–H groups in total. The molecule has 1 saturated heterocycles. The van der Waals surface area contributed by atoms with Crippen molar-refractivity contribution in [3.8, 4) is 0 Å². The first-order chi connectivity index (χ1) is 9.47. The molecule has 0 aliphatic carbocycles. The number of likely N-dealkylation sites (tertiary alicyclic amines) is 1. The van der Waals surface area contributed by atoms with Crippen LogP contribution in [0.25, 0.3) is 0 Å². The summed E-state index contributed by atoms with van der Waals surface area (Å²) in [6.45, 7) is 2.41. The van der Waals surface area contributed by atoms with Gasteiger partial charge in [0.1, 0.15) is 5.82 Å². The minimum absolute atomic E-state index is 0.109. The number of halogens is 1. The van der Waals surface area contributed by atoms with Gasteiger partial charge in [-0.2, -0.15) is 0 Å². The average molecular weight is 280 g/mol. The van der Waals surface area contributed by atoms with Crippen LogP contribution >= 0.6 is 0 Å². The highest BCUT2D eigenvalue weighted by atomic mass is 19.1. The Balaban J connectivity index is 2.02. The first-order valence-electron chi connectivity index (χ1n) is 6.52. The maximum atomic E-state index is 13.7. The van der Waals surface area contributed by atoms with E-state index in [0.717, 1.165) is 5.56 Å². The number of hydrogen-bond acceptors (Lipinski definition) is 2. The van der Waals surface area contributed by atoms with Gasteiger partial charge in [0, 0.05) is 13.1 Å². The van der Waals surface area contributed by atoms with Crippen molar-refractivity contribution >= 4 is 17.7 Å². The third-order valence-electron chi connectivity index (χ3n) is 3.42. The first-order valence-corrected chi connectivity index (χ1v) is 6.52. The lowest BCUT2D eigenvalue weighted by Gasteiger charge is -2.30. The van der Waals surface area contributed by atoms with Crippen LogP contribution in [0, 0.1) is 18.7 Å². The maximum Gasteiger partial charge on any atom is 0.321 e. The Morgan fingerprint density at radius 2 is 2.20 bits per heavy atom. The predicted molar refractivity (Wildman–Crippen MR) is 72.1 cm³/mol. The zero-order valence-electron chi connectivity index (χ0n) is 11.2. The molecular weight excluding hydrogens is 263 g/mol. The van der Waals surface area contributed by atoms with Crippen LogP contribution in [0.3, 0.4) is 0 Å². The quantitative estimate of drug-likeness (QED) is 0.874. The molecule has 6 heteroatoms. The SMILES string of the molecule is Cc1ccc(NC(=O)N2CCC[C@H](C(=O)O)C2)c(F)c1. The highest BCUT2D eigenvalue weighted by molar-refractivity contribution is 5.90. The number of urea groups is 1. The Morgan fingerprint density at radius 3 is 2.85 bits per heavy atom. The molecule has 1 aromatic carbocycles. The minimum atomic E-state index is -0.899. The van der Waals surface area contributed by atoms with Crippen LogP contribution in [0.1, 0.15) is 18.4 Å².